The Kier molecular flexibility index (Phi) is 5.16. The minimum atomic E-state index is -0.547. The van der Waals surface area contributed by atoms with Gasteiger partial charge in [0.15, 0.2) is 0 Å². The van der Waals surface area contributed by atoms with Crippen molar-refractivity contribution in [2.75, 3.05) is 14.1 Å². The summed E-state index contributed by atoms with van der Waals surface area (Å²) in [7, 11) is 4.03. The minimum absolute atomic E-state index is 0.119. The van der Waals surface area contributed by atoms with E-state index in [4.69, 9.17) is 4.74 Å². The Morgan fingerprint density at radius 2 is 2.04 bits per heavy atom. The molecular weight excluding hydrogens is 358 g/mol. The van der Waals surface area contributed by atoms with Gasteiger partial charge < -0.3 is 9.64 Å². The Bertz CT molecular complexity index is 716. The maximum absolute atomic E-state index is 12.8. The highest BCUT2D eigenvalue weighted by Gasteiger charge is 2.26. The van der Waals surface area contributed by atoms with Gasteiger partial charge in [0, 0.05) is 23.3 Å². The van der Waals surface area contributed by atoms with Gasteiger partial charge in [0.1, 0.15) is 10.2 Å². The van der Waals surface area contributed by atoms with Gasteiger partial charge in [0.25, 0.3) is 0 Å². The van der Waals surface area contributed by atoms with Crippen LogP contribution in [-0.4, -0.2) is 40.2 Å². The lowest BCUT2D eigenvalue weighted by molar-refractivity contribution is 0.0533. The summed E-state index contributed by atoms with van der Waals surface area (Å²) < 4.78 is 7.97. The number of rotatable bonds is 3. The second kappa shape index (κ2) is 6.61. The molecule has 0 aromatic carbocycles. The Balaban J connectivity index is 2.66. The summed E-state index contributed by atoms with van der Waals surface area (Å²) in [5.74, 6) is 0. The van der Waals surface area contributed by atoms with E-state index in [1.54, 1.807) is 10.8 Å². The molecule has 0 spiro atoms. The zero-order valence-electron chi connectivity index (χ0n) is 14.6. The molecule has 2 rings (SSSR count). The Hall–Kier alpha value is -1.40. The molecule has 0 saturated heterocycles. The van der Waals surface area contributed by atoms with Crippen LogP contribution >= 0.6 is 15.9 Å². The first-order valence-electron chi connectivity index (χ1n) is 7.70. The van der Waals surface area contributed by atoms with Crippen LogP contribution in [0.3, 0.4) is 0 Å². The molecule has 0 aliphatic carbocycles. The molecule has 6 heteroatoms. The van der Waals surface area contributed by atoms with Gasteiger partial charge in [-0.05, 0) is 69.4 Å². The van der Waals surface area contributed by atoms with E-state index in [1.807, 2.05) is 47.0 Å². The number of hydrogen-bond donors (Lipinski definition) is 0. The molecule has 5 nitrogen and oxygen atoms in total. The molecule has 2 heterocycles. The van der Waals surface area contributed by atoms with E-state index >= 15 is 0 Å². The third-order valence-corrected chi connectivity index (χ3v) is 4.04. The van der Waals surface area contributed by atoms with Crippen molar-refractivity contribution in [3.63, 3.8) is 0 Å². The molecule has 0 bridgehead atoms. The topological polar surface area (TPSA) is 47.4 Å². The fourth-order valence-corrected chi connectivity index (χ4v) is 3.01. The molecule has 1 atom stereocenters. The lowest BCUT2D eigenvalue weighted by Crippen LogP contribution is -2.30. The Labute approximate surface area is 145 Å². The van der Waals surface area contributed by atoms with Crippen molar-refractivity contribution < 1.29 is 9.53 Å². The van der Waals surface area contributed by atoms with Crippen molar-refractivity contribution in [1.82, 2.24) is 14.5 Å². The normalized spacial score (nSPS) is 13.6. The standard InChI is InChI=1S/C17H24BrN3O2/c1-7-12(20(5)6)14-8-11-10-19-15(18)9-13(11)21(14)16(22)23-17(2,3)4/h8-10,12H,7H2,1-6H3. The zero-order chi connectivity index (χ0) is 17.4. The van der Waals surface area contributed by atoms with Crippen molar-refractivity contribution in [1.29, 1.82) is 0 Å². The molecule has 1 unspecified atom stereocenters. The van der Waals surface area contributed by atoms with E-state index in [2.05, 4.69) is 32.7 Å². The van der Waals surface area contributed by atoms with Crippen LogP contribution in [0.4, 0.5) is 4.79 Å². The summed E-state index contributed by atoms with van der Waals surface area (Å²) in [5, 5.41) is 0.925. The lowest BCUT2D eigenvalue weighted by atomic mass is 10.1. The summed E-state index contributed by atoms with van der Waals surface area (Å²) in [5.41, 5.74) is 1.17. The fraction of sp³-hybridized carbons (Fsp3) is 0.529. The maximum atomic E-state index is 12.8. The van der Waals surface area contributed by atoms with Crippen molar-refractivity contribution in [3.05, 3.63) is 28.6 Å². The molecule has 2 aromatic heterocycles. The number of fused-ring (bicyclic) bond motifs is 1. The summed E-state index contributed by atoms with van der Waals surface area (Å²) in [6, 6.07) is 3.99. The molecule has 0 amide bonds. The molecular formula is C17H24BrN3O2. The summed E-state index contributed by atoms with van der Waals surface area (Å²) >= 11 is 3.38. The zero-order valence-corrected chi connectivity index (χ0v) is 16.1. The van der Waals surface area contributed by atoms with Crippen molar-refractivity contribution in [3.8, 4) is 0 Å². The molecule has 0 fully saturated rings. The summed E-state index contributed by atoms with van der Waals surface area (Å²) in [6.07, 6.45) is 2.30. The summed E-state index contributed by atoms with van der Waals surface area (Å²) in [6.45, 7) is 7.72. The molecule has 0 aliphatic heterocycles. The van der Waals surface area contributed by atoms with Crippen LogP contribution in [0.1, 0.15) is 45.9 Å². The monoisotopic (exact) mass is 381 g/mol. The van der Waals surface area contributed by atoms with Gasteiger partial charge >= 0.3 is 6.09 Å². The third-order valence-electron chi connectivity index (χ3n) is 3.61. The molecule has 0 N–H and O–H groups in total. The van der Waals surface area contributed by atoms with Gasteiger partial charge in [-0.25, -0.2) is 14.3 Å². The number of ether oxygens (including phenoxy) is 1. The molecule has 126 valence electrons. The number of hydrogen-bond acceptors (Lipinski definition) is 4. The first-order chi connectivity index (χ1) is 10.6. The third kappa shape index (κ3) is 3.93. The number of pyridine rings is 1. The van der Waals surface area contributed by atoms with E-state index in [0.29, 0.717) is 4.60 Å². The predicted molar refractivity (Wildman–Crippen MR) is 95.8 cm³/mol. The van der Waals surface area contributed by atoms with Crippen LogP contribution in [0.5, 0.6) is 0 Å². The predicted octanol–water partition coefficient (Wildman–Crippen LogP) is 4.59. The van der Waals surface area contributed by atoms with Crippen LogP contribution < -0.4 is 0 Å². The molecule has 0 radical (unpaired) electrons. The maximum Gasteiger partial charge on any atom is 0.419 e. The van der Waals surface area contributed by atoms with E-state index in [1.165, 1.54) is 0 Å². The fourth-order valence-electron chi connectivity index (χ4n) is 2.69. The Morgan fingerprint density at radius 3 is 2.57 bits per heavy atom. The first-order valence-corrected chi connectivity index (χ1v) is 8.50. The van der Waals surface area contributed by atoms with Gasteiger partial charge in [-0.2, -0.15) is 0 Å². The van der Waals surface area contributed by atoms with E-state index in [0.717, 1.165) is 23.0 Å². The highest BCUT2D eigenvalue weighted by atomic mass is 79.9. The Morgan fingerprint density at radius 1 is 1.39 bits per heavy atom. The number of carbonyl (C=O) groups is 1. The van der Waals surface area contributed by atoms with Gasteiger partial charge in [-0.1, -0.05) is 6.92 Å². The van der Waals surface area contributed by atoms with E-state index in [9.17, 15) is 4.79 Å². The second-order valence-electron chi connectivity index (χ2n) is 6.84. The number of halogens is 1. The smallest absolute Gasteiger partial charge is 0.419 e. The van der Waals surface area contributed by atoms with Crippen LogP contribution in [0.2, 0.25) is 0 Å². The van der Waals surface area contributed by atoms with E-state index < -0.39 is 5.60 Å². The van der Waals surface area contributed by atoms with Crippen molar-refractivity contribution in [2.45, 2.75) is 45.8 Å². The van der Waals surface area contributed by atoms with Crippen molar-refractivity contribution >= 4 is 32.9 Å². The number of aromatic nitrogens is 2. The van der Waals surface area contributed by atoms with Gasteiger partial charge in [0.2, 0.25) is 0 Å². The highest BCUT2D eigenvalue weighted by molar-refractivity contribution is 9.10. The SMILES string of the molecule is CCC(c1cc2cnc(Br)cc2n1C(=O)OC(C)(C)C)N(C)C. The molecule has 0 aliphatic rings. The van der Waals surface area contributed by atoms with Gasteiger partial charge in [-0.3, -0.25) is 0 Å². The lowest BCUT2D eigenvalue weighted by Gasteiger charge is -2.26. The second-order valence-corrected chi connectivity index (χ2v) is 7.65. The van der Waals surface area contributed by atoms with Crippen LogP contribution in [0.15, 0.2) is 22.9 Å². The average molecular weight is 382 g/mol. The average Bonchev–Trinajstić information content (AvgIpc) is 2.75. The highest BCUT2D eigenvalue weighted by Crippen LogP contribution is 2.30. The quantitative estimate of drug-likeness (QED) is 0.729. The minimum Gasteiger partial charge on any atom is -0.443 e. The van der Waals surface area contributed by atoms with Crippen LogP contribution in [0, 0.1) is 0 Å². The number of carbonyl (C=O) groups excluding carboxylic acids is 1. The molecule has 2 aromatic rings. The molecule has 23 heavy (non-hydrogen) atoms. The van der Waals surface area contributed by atoms with Crippen molar-refractivity contribution in [2.24, 2.45) is 0 Å². The summed E-state index contributed by atoms with van der Waals surface area (Å²) in [4.78, 5) is 19.2. The largest absolute Gasteiger partial charge is 0.443 e. The van der Waals surface area contributed by atoms with Crippen LogP contribution in [-0.2, 0) is 4.74 Å². The number of nitrogens with zero attached hydrogens (tertiary/aromatic N) is 3. The van der Waals surface area contributed by atoms with Crippen LogP contribution in [0.25, 0.3) is 10.9 Å². The first kappa shape index (κ1) is 17.9. The molecule has 0 saturated carbocycles. The van der Waals surface area contributed by atoms with Gasteiger partial charge in [-0.15, -0.1) is 0 Å². The van der Waals surface area contributed by atoms with E-state index in [-0.39, 0.29) is 12.1 Å². The van der Waals surface area contributed by atoms with Gasteiger partial charge in [0.05, 0.1) is 5.52 Å².